The molecule has 2 unspecified atom stereocenters. The van der Waals surface area contributed by atoms with E-state index in [0.717, 1.165) is 6.26 Å². The molecular weight excluding hydrogens is 296 g/mol. The van der Waals surface area contributed by atoms with Gasteiger partial charge in [0.15, 0.2) is 15.7 Å². The molecule has 0 aliphatic rings. The number of aromatic nitrogens is 2. The quantitative estimate of drug-likeness (QED) is 0.707. The van der Waals surface area contributed by atoms with E-state index in [9.17, 15) is 13.2 Å². The van der Waals surface area contributed by atoms with Gasteiger partial charge < -0.3 is 9.26 Å². The summed E-state index contributed by atoms with van der Waals surface area (Å²) in [4.78, 5) is 16.1. The molecule has 0 bridgehead atoms. The second-order valence-corrected chi connectivity index (χ2v) is 7.76. The van der Waals surface area contributed by atoms with E-state index < -0.39 is 27.0 Å². The van der Waals surface area contributed by atoms with Crippen LogP contribution in [0.25, 0.3) is 0 Å². The Labute approximate surface area is 125 Å². The molecule has 0 saturated carbocycles. The van der Waals surface area contributed by atoms with Crippen LogP contribution in [-0.2, 0) is 19.4 Å². The summed E-state index contributed by atoms with van der Waals surface area (Å²) in [6.45, 7) is 7.38. The molecular formula is C13H22N2O5S. The number of hydrogen-bond acceptors (Lipinski definition) is 7. The molecule has 1 aromatic heterocycles. The van der Waals surface area contributed by atoms with Crippen LogP contribution in [0.2, 0.25) is 0 Å². The van der Waals surface area contributed by atoms with Gasteiger partial charge in [-0.25, -0.2) is 8.42 Å². The molecule has 7 nitrogen and oxygen atoms in total. The van der Waals surface area contributed by atoms with Gasteiger partial charge in [0.2, 0.25) is 5.89 Å². The van der Waals surface area contributed by atoms with Gasteiger partial charge in [0.1, 0.15) is 11.2 Å². The van der Waals surface area contributed by atoms with E-state index in [-0.39, 0.29) is 24.2 Å². The summed E-state index contributed by atoms with van der Waals surface area (Å²) in [7, 11) is -3.32. The number of carbonyl (C=O) groups excluding carboxylic acids is 1. The van der Waals surface area contributed by atoms with Crippen LogP contribution in [0.3, 0.4) is 0 Å². The predicted octanol–water partition coefficient (Wildman–Crippen LogP) is 1.87. The molecule has 0 N–H and O–H groups in total. The first-order valence-corrected chi connectivity index (χ1v) is 8.81. The third-order valence-corrected chi connectivity index (χ3v) is 4.53. The van der Waals surface area contributed by atoms with Gasteiger partial charge in [0, 0.05) is 6.26 Å². The lowest BCUT2D eigenvalue weighted by molar-refractivity contribution is -0.146. The third kappa shape index (κ3) is 4.80. The summed E-state index contributed by atoms with van der Waals surface area (Å²) in [6, 6.07) is 0. The lowest BCUT2D eigenvalue weighted by Gasteiger charge is -2.13. The predicted molar refractivity (Wildman–Crippen MR) is 76.4 cm³/mol. The van der Waals surface area contributed by atoms with Crippen molar-refractivity contribution < 1.29 is 22.5 Å². The number of hydrogen-bond donors (Lipinski definition) is 0. The third-order valence-electron chi connectivity index (χ3n) is 3.04. The Hall–Kier alpha value is -1.44. The highest BCUT2D eigenvalue weighted by Gasteiger charge is 2.31. The minimum atomic E-state index is -3.32. The van der Waals surface area contributed by atoms with E-state index in [1.54, 1.807) is 6.92 Å². The number of rotatable bonds is 7. The Balaban J connectivity index is 3.05. The monoisotopic (exact) mass is 318 g/mol. The molecule has 0 fully saturated rings. The maximum Gasteiger partial charge on any atom is 0.318 e. The zero-order valence-electron chi connectivity index (χ0n) is 13.0. The highest BCUT2D eigenvalue weighted by atomic mass is 32.2. The zero-order chi connectivity index (χ0) is 16.2. The Bertz CT molecular complexity index is 579. The van der Waals surface area contributed by atoms with Crippen molar-refractivity contribution in [3.05, 3.63) is 11.7 Å². The summed E-state index contributed by atoms with van der Waals surface area (Å²) >= 11 is 0. The Morgan fingerprint density at radius 1 is 1.33 bits per heavy atom. The van der Waals surface area contributed by atoms with Crippen LogP contribution in [0.5, 0.6) is 0 Å². The lowest BCUT2D eigenvalue weighted by Crippen LogP contribution is -2.18. The van der Waals surface area contributed by atoms with Gasteiger partial charge in [-0.2, -0.15) is 4.98 Å². The first kappa shape index (κ1) is 17.6. The van der Waals surface area contributed by atoms with Gasteiger partial charge in [-0.15, -0.1) is 0 Å². The maximum absolute atomic E-state index is 12.0. The van der Waals surface area contributed by atoms with Crippen LogP contribution in [0.4, 0.5) is 0 Å². The smallest absolute Gasteiger partial charge is 0.318 e. The molecule has 120 valence electrons. The highest BCUT2D eigenvalue weighted by molar-refractivity contribution is 7.90. The van der Waals surface area contributed by atoms with Crippen molar-refractivity contribution in [1.29, 1.82) is 0 Å². The molecule has 0 amide bonds. The number of nitrogens with zero attached hydrogens (tertiary/aromatic N) is 2. The fraction of sp³-hybridized carbons (Fsp3) is 0.769. The van der Waals surface area contributed by atoms with Crippen molar-refractivity contribution in [3.63, 3.8) is 0 Å². The zero-order valence-corrected chi connectivity index (χ0v) is 13.8. The van der Waals surface area contributed by atoms with Crippen LogP contribution < -0.4 is 0 Å². The summed E-state index contributed by atoms with van der Waals surface area (Å²) in [5.41, 5.74) is 0. The molecule has 0 aromatic carbocycles. The van der Waals surface area contributed by atoms with Crippen LogP contribution >= 0.6 is 0 Å². The van der Waals surface area contributed by atoms with E-state index in [4.69, 9.17) is 9.26 Å². The maximum atomic E-state index is 12.0. The number of esters is 1. The molecule has 0 aliphatic carbocycles. The minimum absolute atomic E-state index is 0.0607. The largest absolute Gasteiger partial charge is 0.465 e. The summed E-state index contributed by atoms with van der Waals surface area (Å²) in [6.07, 6.45) is 1.60. The topological polar surface area (TPSA) is 99.4 Å². The minimum Gasteiger partial charge on any atom is -0.465 e. The Morgan fingerprint density at radius 3 is 2.43 bits per heavy atom. The van der Waals surface area contributed by atoms with Gasteiger partial charge in [-0.3, -0.25) is 4.79 Å². The summed E-state index contributed by atoms with van der Waals surface area (Å²) in [5.74, 6) is -0.716. The molecule has 0 saturated heterocycles. The van der Waals surface area contributed by atoms with Crippen molar-refractivity contribution in [2.75, 3.05) is 12.9 Å². The van der Waals surface area contributed by atoms with Crippen molar-refractivity contribution >= 4 is 15.8 Å². The molecule has 2 atom stereocenters. The number of sulfone groups is 1. The van der Waals surface area contributed by atoms with Crippen LogP contribution in [0.15, 0.2) is 4.52 Å². The first-order chi connectivity index (χ1) is 9.66. The summed E-state index contributed by atoms with van der Waals surface area (Å²) < 4.78 is 33.1. The second-order valence-electron chi connectivity index (χ2n) is 5.40. The molecule has 0 spiro atoms. The van der Waals surface area contributed by atoms with Gasteiger partial charge in [-0.05, 0) is 26.2 Å². The van der Waals surface area contributed by atoms with E-state index in [1.165, 1.54) is 6.92 Å². The van der Waals surface area contributed by atoms with E-state index >= 15 is 0 Å². The van der Waals surface area contributed by atoms with Gasteiger partial charge in [-0.1, -0.05) is 19.0 Å². The molecule has 1 rings (SSSR count). The van der Waals surface area contributed by atoms with E-state index in [1.807, 2.05) is 13.8 Å². The van der Waals surface area contributed by atoms with Crippen LogP contribution in [0, 0.1) is 5.92 Å². The first-order valence-electron chi connectivity index (χ1n) is 6.85. The van der Waals surface area contributed by atoms with Gasteiger partial charge in [0.05, 0.1) is 6.61 Å². The fourth-order valence-electron chi connectivity index (χ4n) is 1.76. The number of ether oxygens (including phenoxy) is 1. The van der Waals surface area contributed by atoms with E-state index in [2.05, 4.69) is 10.1 Å². The average Bonchev–Trinajstić information content (AvgIpc) is 2.83. The normalized spacial score (nSPS) is 15.0. The molecule has 21 heavy (non-hydrogen) atoms. The van der Waals surface area contributed by atoms with Crippen molar-refractivity contribution in [3.8, 4) is 0 Å². The molecule has 0 radical (unpaired) electrons. The lowest BCUT2D eigenvalue weighted by atomic mass is 9.97. The molecule has 1 aromatic rings. The SMILES string of the molecule is CCOC(=O)C(CC(C)C)c1nc(C(C)S(C)(=O)=O)no1. The van der Waals surface area contributed by atoms with Gasteiger partial charge in [0.25, 0.3) is 0 Å². The van der Waals surface area contributed by atoms with E-state index in [0.29, 0.717) is 6.42 Å². The van der Waals surface area contributed by atoms with Gasteiger partial charge >= 0.3 is 5.97 Å². The number of carbonyl (C=O) groups is 1. The Kier molecular flexibility index (Phi) is 5.88. The molecule has 8 heteroatoms. The average molecular weight is 318 g/mol. The summed E-state index contributed by atoms with van der Waals surface area (Å²) in [5, 5.41) is 2.80. The van der Waals surface area contributed by atoms with Crippen molar-refractivity contribution in [2.45, 2.75) is 45.3 Å². The second kappa shape index (κ2) is 7.02. The van der Waals surface area contributed by atoms with Crippen LogP contribution in [0.1, 0.15) is 57.0 Å². The molecule has 1 heterocycles. The highest BCUT2D eigenvalue weighted by Crippen LogP contribution is 2.26. The van der Waals surface area contributed by atoms with Crippen molar-refractivity contribution in [2.24, 2.45) is 5.92 Å². The molecule has 0 aliphatic heterocycles. The fourth-order valence-corrected chi connectivity index (χ4v) is 2.24. The van der Waals surface area contributed by atoms with Crippen molar-refractivity contribution in [1.82, 2.24) is 10.1 Å². The standard InChI is InChI=1S/C13H22N2O5S/c1-6-19-13(16)10(7-8(2)3)12-14-11(15-20-12)9(4)21(5,17)18/h8-10H,6-7H2,1-5H3. The Morgan fingerprint density at radius 2 is 1.95 bits per heavy atom. The van der Waals surface area contributed by atoms with Crippen LogP contribution in [-0.4, -0.2) is 37.4 Å².